The molecular formula is C18H23Cl2NO2. The van der Waals surface area contributed by atoms with Gasteiger partial charge in [0, 0.05) is 17.6 Å². The number of fused-ring (bicyclic) bond motifs is 2. The number of rotatable bonds is 3. The van der Waals surface area contributed by atoms with Crippen LogP contribution in [0.15, 0.2) is 18.2 Å². The molecule has 1 aromatic carbocycles. The first-order valence-electron chi connectivity index (χ1n) is 8.05. The number of likely N-dealkylation sites (tertiary alicyclic amines) is 1. The van der Waals surface area contributed by atoms with E-state index in [-0.39, 0.29) is 17.9 Å². The van der Waals surface area contributed by atoms with Gasteiger partial charge in [-0.15, -0.1) is 0 Å². The first-order valence-corrected chi connectivity index (χ1v) is 8.80. The molecule has 3 rings (SSSR count). The Labute approximate surface area is 147 Å². The van der Waals surface area contributed by atoms with E-state index in [1.165, 1.54) is 6.42 Å². The minimum Gasteiger partial charge on any atom is -0.482 e. The maximum Gasteiger partial charge on any atom is 0.260 e. The fourth-order valence-electron chi connectivity index (χ4n) is 4.57. The van der Waals surface area contributed by atoms with Gasteiger partial charge in [-0.3, -0.25) is 4.79 Å². The van der Waals surface area contributed by atoms with Gasteiger partial charge in [-0.05, 0) is 48.3 Å². The van der Waals surface area contributed by atoms with Crippen LogP contribution >= 0.6 is 23.2 Å². The molecule has 5 heteroatoms. The highest BCUT2D eigenvalue weighted by molar-refractivity contribution is 6.35. The molecule has 126 valence electrons. The first kappa shape index (κ1) is 16.9. The Morgan fingerprint density at radius 2 is 2.04 bits per heavy atom. The highest BCUT2D eigenvalue weighted by Gasteiger charge is 2.50. The van der Waals surface area contributed by atoms with Crippen LogP contribution in [0.1, 0.15) is 40.0 Å². The zero-order chi connectivity index (χ0) is 16.8. The second kappa shape index (κ2) is 5.86. The number of nitrogens with zero attached hydrogens (tertiary/aromatic N) is 1. The van der Waals surface area contributed by atoms with Crippen LogP contribution in [0.3, 0.4) is 0 Å². The van der Waals surface area contributed by atoms with Crippen molar-refractivity contribution in [2.24, 2.45) is 10.8 Å². The lowest BCUT2D eigenvalue weighted by Gasteiger charge is -2.39. The van der Waals surface area contributed by atoms with Crippen LogP contribution in [0.4, 0.5) is 0 Å². The molecule has 2 bridgehead atoms. The van der Waals surface area contributed by atoms with E-state index < -0.39 is 0 Å². The van der Waals surface area contributed by atoms with Gasteiger partial charge < -0.3 is 9.64 Å². The largest absolute Gasteiger partial charge is 0.482 e. The van der Waals surface area contributed by atoms with Gasteiger partial charge in [-0.2, -0.15) is 0 Å². The predicted octanol–water partition coefficient (Wildman–Crippen LogP) is 4.80. The summed E-state index contributed by atoms with van der Waals surface area (Å²) in [6.07, 6.45) is 3.34. The number of halogens is 2. The molecule has 0 aromatic heterocycles. The quantitative estimate of drug-likeness (QED) is 0.779. The van der Waals surface area contributed by atoms with Crippen molar-refractivity contribution < 1.29 is 9.53 Å². The summed E-state index contributed by atoms with van der Waals surface area (Å²) in [6, 6.07) is 5.36. The van der Waals surface area contributed by atoms with E-state index in [0.717, 1.165) is 19.4 Å². The van der Waals surface area contributed by atoms with E-state index in [9.17, 15) is 4.79 Å². The summed E-state index contributed by atoms with van der Waals surface area (Å²) in [5.41, 5.74) is 0.535. The number of carbonyl (C=O) groups is 1. The summed E-state index contributed by atoms with van der Waals surface area (Å²) in [4.78, 5) is 14.6. The van der Waals surface area contributed by atoms with Crippen molar-refractivity contribution in [2.75, 3.05) is 13.2 Å². The zero-order valence-corrected chi connectivity index (χ0v) is 15.4. The van der Waals surface area contributed by atoms with Gasteiger partial charge >= 0.3 is 0 Å². The first-order chi connectivity index (χ1) is 10.7. The summed E-state index contributed by atoms with van der Waals surface area (Å²) >= 11 is 12.0. The van der Waals surface area contributed by atoms with Crippen LogP contribution in [0.2, 0.25) is 10.0 Å². The molecule has 1 amide bonds. The molecule has 23 heavy (non-hydrogen) atoms. The number of benzene rings is 1. The SMILES string of the molecule is CC1(C)C[C@@H]2C[C@@](C)(CN2C(=O)COc2ccc(Cl)cc2Cl)C1. The highest BCUT2D eigenvalue weighted by atomic mass is 35.5. The molecule has 1 aliphatic heterocycles. The van der Waals surface area contributed by atoms with Crippen molar-refractivity contribution in [3.8, 4) is 5.75 Å². The molecule has 3 nitrogen and oxygen atoms in total. The topological polar surface area (TPSA) is 29.5 Å². The fourth-order valence-corrected chi connectivity index (χ4v) is 5.03. The van der Waals surface area contributed by atoms with E-state index in [0.29, 0.717) is 27.3 Å². The van der Waals surface area contributed by atoms with Gasteiger partial charge in [-0.1, -0.05) is 44.0 Å². The molecule has 0 spiro atoms. The number of carbonyl (C=O) groups excluding carboxylic acids is 1. The molecule has 0 N–H and O–H groups in total. The summed E-state index contributed by atoms with van der Waals surface area (Å²) in [7, 11) is 0. The van der Waals surface area contributed by atoms with Gasteiger partial charge in [0.25, 0.3) is 5.91 Å². The molecule has 1 saturated carbocycles. The lowest BCUT2D eigenvalue weighted by atomic mass is 9.65. The Bertz CT molecular complexity index is 631. The standard InChI is InChI=1S/C18H23Cl2NO2/c1-17(2)7-13-8-18(3,10-17)11-21(13)16(22)9-23-15-5-4-12(19)6-14(15)20/h4-6,13H,7-11H2,1-3H3/t13-,18-/m1/s1. The minimum atomic E-state index is 0.0222. The molecule has 1 aliphatic carbocycles. The van der Waals surface area contributed by atoms with Gasteiger partial charge in [0.05, 0.1) is 5.02 Å². The lowest BCUT2D eigenvalue weighted by molar-refractivity contribution is -0.134. The fraction of sp³-hybridized carbons (Fsp3) is 0.611. The van der Waals surface area contributed by atoms with Crippen molar-refractivity contribution in [1.29, 1.82) is 0 Å². The van der Waals surface area contributed by atoms with E-state index in [2.05, 4.69) is 20.8 Å². The van der Waals surface area contributed by atoms with E-state index >= 15 is 0 Å². The third kappa shape index (κ3) is 3.61. The molecule has 2 atom stereocenters. The molecule has 1 saturated heterocycles. The maximum absolute atomic E-state index is 12.6. The van der Waals surface area contributed by atoms with E-state index in [1.54, 1.807) is 18.2 Å². The Hall–Kier alpha value is -0.930. The summed E-state index contributed by atoms with van der Waals surface area (Å²) < 4.78 is 5.62. The summed E-state index contributed by atoms with van der Waals surface area (Å²) in [5, 5.41) is 0.982. The molecular weight excluding hydrogens is 333 g/mol. The van der Waals surface area contributed by atoms with Crippen LogP contribution in [0.25, 0.3) is 0 Å². The second-order valence-corrected chi connectivity index (χ2v) is 8.94. The number of amides is 1. The van der Waals surface area contributed by atoms with Crippen molar-refractivity contribution in [3.05, 3.63) is 28.2 Å². The van der Waals surface area contributed by atoms with Gasteiger partial charge in [0.2, 0.25) is 0 Å². The average molecular weight is 356 g/mol. The van der Waals surface area contributed by atoms with Crippen LogP contribution in [-0.2, 0) is 4.79 Å². The van der Waals surface area contributed by atoms with E-state index in [1.807, 2.05) is 4.90 Å². The summed E-state index contributed by atoms with van der Waals surface area (Å²) in [6.45, 7) is 7.75. The smallest absolute Gasteiger partial charge is 0.260 e. The summed E-state index contributed by atoms with van der Waals surface area (Å²) in [5.74, 6) is 0.542. The highest BCUT2D eigenvalue weighted by Crippen LogP contribution is 2.52. The lowest BCUT2D eigenvalue weighted by Crippen LogP contribution is -2.40. The Morgan fingerprint density at radius 3 is 2.74 bits per heavy atom. The van der Waals surface area contributed by atoms with Crippen LogP contribution in [0.5, 0.6) is 5.75 Å². The monoisotopic (exact) mass is 355 g/mol. The predicted molar refractivity (Wildman–Crippen MR) is 93.2 cm³/mol. The minimum absolute atomic E-state index is 0.0222. The number of hydrogen-bond donors (Lipinski definition) is 0. The number of hydrogen-bond acceptors (Lipinski definition) is 2. The Balaban J connectivity index is 1.65. The van der Waals surface area contributed by atoms with Crippen LogP contribution in [-0.4, -0.2) is 30.0 Å². The third-order valence-electron chi connectivity index (χ3n) is 4.98. The third-order valence-corrected chi connectivity index (χ3v) is 5.51. The van der Waals surface area contributed by atoms with Crippen molar-refractivity contribution in [1.82, 2.24) is 4.90 Å². The Kier molecular flexibility index (Phi) is 4.31. The van der Waals surface area contributed by atoms with Gasteiger partial charge in [-0.25, -0.2) is 0 Å². The van der Waals surface area contributed by atoms with Crippen LogP contribution < -0.4 is 4.74 Å². The van der Waals surface area contributed by atoms with E-state index in [4.69, 9.17) is 27.9 Å². The molecule has 2 fully saturated rings. The average Bonchev–Trinajstić information content (AvgIpc) is 2.66. The van der Waals surface area contributed by atoms with Gasteiger partial charge in [0.1, 0.15) is 5.75 Å². The normalized spacial score (nSPS) is 28.7. The van der Waals surface area contributed by atoms with Crippen molar-refractivity contribution in [3.63, 3.8) is 0 Å². The molecule has 2 aliphatic rings. The molecule has 0 radical (unpaired) electrons. The van der Waals surface area contributed by atoms with Crippen molar-refractivity contribution >= 4 is 29.1 Å². The van der Waals surface area contributed by atoms with Crippen molar-refractivity contribution in [2.45, 2.75) is 46.1 Å². The van der Waals surface area contributed by atoms with Crippen LogP contribution in [0, 0.1) is 10.8 Å². The second-order valence-electron chi connectivity index (χ2n) is 8.10. The van der Waals surface area contributed by atoms with Gasteiger partial charge in [0.15, 0.2) is 6.61 Å². The molecule has 1 heterocycles. The number of ether oxygens (including phenoxy) is 1. The molecule has 0 unspecified atom stereocenters. The zero-order valence-electron chi connectivity index (χ0n) is 13.9. The molecule has 1 aromatic rings. The Morgan fingerprint density at radius 1 is 1.30 bits per heavy atom. The maximum atomic E-state index is 12.6.